The van der Waals surface area contributed by atoms with Crippen molar-refractivity contribution in [2.45, 2.75) is 19.4 Å². The molecule has 0 fully saturated rings. The molecule has 2 nitrogen and oxygen atoms in total. The first-order valence-corrected chi connectivity index (χ1v) is 4.94. The topological polar surface area (TPSA) is 29.5 Å². The molecule has 0 saturated heterocycles. The van der Waals surface area contributed by atoms with Gasteiger partial charge in [0.25, 0.3) is 0 Å². The molecule has 14 heavy (non-hydrogen) atoms. The van der Waals surface area contributed by atoms with E-state index in [1.807, 2.05) is 25.1 Å². The summed E-state index contributed by atoms with van der Waals surface area (Å²) in [7, 11) is 1.65. The van der Waals surface area contributed by atoms with Gasteiger partial charge in [-0.25, -0.2) is 0 Å². The van der Waals surface area contributed by atoms with Gasteiger partial charge in [0.15, 0.2) is 0 Å². The van der Waals surface area contributed by atoms with E-state index in [1.165, 1.54) is 0 Å². The van der Waals surface area contributed by atoms with Crippen LogP contribution in [0.5, 0.6) is 0 Å². The number of methoxy groups -OCH3 is 1. The van der Waals surface area contributed by atoms with Crippen LogP contribution in [0.4, 0.5) is 0 Å². The Hall–Kier alpha value is -0.570. The fourth-order valence-electron chi connectivity index (χ4n) is 1.32. The van der Waals surface area contributed by atoms with Crippen LogP contribution < -0.4 is 0 Å². The number of aliphatic hydroxyl groups excluding tert-OH is 1. The lowest BCUT2D eigenvalue weighted by Gasteiger charge is -2.10. The molecule has 0 saturated carbocycles. The van der Waals surface area contributed by atoms with Crippen molar-refractivity contribution < 1.29 is 9.84 Å². The summed E-state index contributed by atoms with van der Waals surface area (Å²) in [6.45, 7) is 2.64. The van der Waals surface area contributed by atoms with E-state index in [-0.39, 0.29) is 12.5 Å². The summed E-state index contributed by atoms with van der Waals surface area (Å²) in [5.41, 5.74) is 2.09. The van der Waals surface area contributed by atoms with E-state index in [0.29, 0.717) is 11.6 Å². The monoisotopic (exact) mass is 214 g/mol. The highest BCUT2D eigenvalue weighted by atomic mass is 35.5. The molecule has 1 rings (SSSR count). The van der Waals surface area contributed by atoms with E-state index in [0.717, 1.165) is 11.1 Å². The first-order valence-electron chi connectivity index (χ1n) is 4.56. The molecular weight excluding hydrogens is 200 g/mol. The number of rotatable bonds is 4. The van der Waals surface area contributed by atoms with Crippen LogP contribution in [-0.2, 0) is 11.3 Å². The zero-order valence-corrected chi connectivity index (χ0v) is 9.21. The van der Waals surface area contributed by atoms with Gasteiger partial charge in [-0.05, 0) is 23.3 Å². The van der Waals surface area contributed by atoms with Crippen LogP contribution in [0, 0.1) is 0 Å². The molecule has 0 heterocycles. The van der Waals surface area contributed by atoms with Crippen LogP contribution in [-0.4, -0.2) is 18.8 Å². The minimum Gasteiger partial charge on any atom is -0.396 e. The molecule has 1 aromatic carbocycles. The molecule has 1 aromatic rings. The first kappa shape index (κ1) is 11.5. The average molecular weight is 215 g/mol. The molecular formula is C11H15ClO2. The van der Waals surface area contributed by atoms with Gasteiger partial charge in [-0.15, -0.1) is 0 Å². The highest BCUT2D eigenvalue weighted by Crippen LogP contribution is 2.21. The summed E-state index contributed by atoms with van der Waals surface area (Å²) in [4.78, 5) is 0. The number of halogens is 1. The zero-order valence-electron chi connectivity index (χ0n) is 8.46. The van der Waals surface area contributed by atoms with Gasteiger partial charge in [-0.1, -0.05) is 24.6 Å². The molecule has 0 bridgehead atoms. The molecule has 0 aliphatic rings. The second-order valence-corrected chi connectivity index (χ2v) is 3.85. The minimum atomic E-state index is 0.115. The van der Waals surface area contributed by atoms with E-state index in [1.54, 1.807) is 7.11 Å². The van der Waals surface area contributed by atoms with Gasteiger partial charge in [0.05, 0.1) is 6.61 Å². The van der Waals surface area contributed by atoms with Gasteiger partial charge in [0.2, 0.25) is 0 Å². The van der Waals surface area contributed by atoms with Crippen LogP contribution >= 0.6 is 11.6 Å². The highest BCUT2D eigenvalue weighted by Gasteiger charge is 2.06. The average Bonchev–Trinajstić information content (AvgIpc) is 2.16. The maximum atomic E-state index is 9.03. The zero-order chi connectivity index (χ0) is 10.6. The Kier molecular flexibility index (Phi) is 4.39. The molecule has 1 unspecified atom stereocenters. The molecule has 0 radical (unpaired) electrons. The third-order valence-corrected chi connectivity index (χ3v) is 2.35. The van der Waals surface area contributed by atoms with Crippen LogP contribution in [0.2, 0.25) is 5.02 Å². The van der Waals surface area contributed by atoms with Crippen LogP contribution in [0.25, 0.3) is 0 Å². The van der Waals surface area contributed by atoms with E-state index in [9.17, 15) is 0 Å². The van der Waals surface area contributed by atoms with Crippen molar-refractivity contribution >= 4 is 11.6 Å². The summed E-state index contributed by atoms with van der Waals surface area (Å²) >= 11 is 5.95. The number of aliphatic hydroxyl groups is 1. The molecule has 0 spiro atoms. The number of benzene rings is 1. The Bertz CT molecular complexity index is 299. The summed E-state index contributed by atoms with van der Waals surface area (Å²) in [5.74, 6) is 0.115. The van der Waals surface area contributed by atoms with Gasteiger partial charge in [0.1, 0.15) is 0 Å². The van der Waals surface area contributed by atoms with Gasteiger partial charge < -0.3 is 9.84 Å². The third kappa shape index (κ3) is 2.98. The Morgan fingerprint density at radius 3 is 2.71 bits per heavy atom. The number of hydrogen-bond acceptors (Lipinski definition) is 2. The Labute approximate surface area is 89.5 Å². The SMILES string of the molecule is COCc1cc(Cl)cc(C(C)CO)c1. The van der Waals surface area contributed by atoms with E-state index in [2.05, 4.69) is 0 Å². The van der Waals surface area contributed by atoms with Crippen molar-refractivity contribution in [1.82, 2.24) is 0 Å². The molecule has 0 aromatic heterocycles. The molecule has 0 aliphatic carbocycles. The summed E-state index contributed by atoms with van der Waals surface area (Å²) < 4.78 is 5.03. The Morgan fingerprint density at radius 2 is 2.14 bits per heavy atom. The summed E-state index contributed by atoms with van der Waals surface area (Å²) in [5, 5.41) is 9.72. The largest absolute Gasteiger partial charge is 0.396 e. The second-order valence-electron chi connectivity index (χ2n) is 3.41. The maximum Gasteiger partial charge on any atom is 0.0713 e. The van der Waals surface area contributed by atoms with Gasteiger partial charge in [0, 0.05) is 24.7 Å². The highest BCUT2D eigenvalue weighted by molar-refractivity contribution is 6.30. The lowest BCUT2D eigenvalue weighted by atomic mass is 10.00. The van der Waals surface area contributed by atoms with E-state index >= 15 is 0 Å². The third-order valence-electron chi connectivity index (χ3n) is 2.13. The Balaban J connectivity index is 2.94. The van der Waals surface area contributed by atoms with Crippen molar-refractivity contribution in [2.24, 2.45) is 0 Å². The standard InChI is InChI=1S/C11H15ClO2/c1-8(6-13)10-3-9(7-14-2)4-11(12)5-10/h3-5,8,13H,6-7H2,1-2H3. The Morgan fingerprint density at radius 1 is 1.43 bits per heavy atom. The quantitative estimate of drug-likeness (QED) is 0.835. The second kappa shape index (κ2) is 5.35. The first-order chi connectivity index (χ1) is 6.67. The number of ether oxygens (including phenoxy) is 1. The van der Waals surface area contributed by atoms with Gasteiger partial charge >= 0.3 is 0 Å². The predicted octanol–water partition coefficient (Wildman–Crippen LogP) is 2.58. The fraction of sp³-hybridized carbons (Fsp3) is 0.455. The fourth-order valence-corrected chi connectivity index (χ4v) is 1.58. The van der Waals surface area contributed by atoms with Crippen molar-refractivity contribution in [3.8, 4) is 0 Å². The predicted molar refractivity (Wildman–Crippen MR) is 57.7 cm³/mol. The van der Waals surface area contributed by atoms with Gasteiger partial charge in [-0.2, -0.15) is 0 Å². The molecule has 3 heteroatoms. The minimum absolute atomic E-state index is 0.115. The van der Waals surface area contributed by atoms with E-state index in [4.69, 9.17) is 21.4 Å². The van der Waals surface area contributed by atoms with Gasteiger partial charge in [-0.3, -0.25) is 0 Å². The summed E-state index contributed by atoms with van der Waals surface area (Å²) in [6, 6.07) is 5.76. The van der Waals surface area contributed by atoms with Crippen molar-refractivity contribution in [3.63, 3.8) is 0 Å². The van der Waals surface area contributed by atoms with Crippen LogP contribution in [0.3, 0.4) is 0 Å². The lowest BCUT2D eigenvalue weighted by molar-refractivity contribution is 0.184. The lowest BCUT2D eigenvalue weighted by Crippen LogP contribution is -2.00. The summed E-state index contributed by atoms with van der Waals surface area (Å²) in [6.07, 6.45) is 0. The van der Waals surface area contributed by atoms with Crippen molar-refractivity contribution in [2.75, 3.05) is 13.7 Å². The molecule has 0 amide bonds. The van der Waals surface area contributed by atoms with Crippen LogP contribution in [0.15, 0.2) is 18.2 Å². The molecule has 1 atom stereocenters. The van der Waals surface area contributed by atoms with Crippen LogP contribution in [0.1, 0.15) is 24.0 Å². The molecule has 0 aliphatic heterocycles. The number of hydrogen-bond donors (Lipinski definition) is 1. The molecule has 78 valence electrons. The maximum absolute atomic E-state index is 9.03. The van der Waals surface area contributed by atoms with Crippen molar-refractivity contribution in [3.05, 3.63) is 34.3 Å². The molecule has 1 N–H and O–H groups in total. The normalized spacial score (nSPS) is 12.9. The van der Waals surface area contributed by atoms with E-state index < -0.39 is 0 Å². The van der Waals surface area contributed by atoms with Crippen molar-refractivity contribution in [1.29, 1.82) is 0 Å². The smallest absolute Gasteiger partial charge is 0.0713 e.